The number of carboxylic acids is 1. The summed E-state index contributed by atoms with van der Waals surface area (Å²) in [7, 11) is 0. The molecule has 1 aromatic rings. The molecule has 8 nitrogen and oxygen atoms in total. The van der Waals surface area contributed by atoms with Crippen molar-refractivity contribution in [2.24, 2.45) is 0 Å². The summed E-state index contributed by atoms with van der Waals surface area (Å²) in [4.78, 5) is 44.5. The summed E-state index contributed by atoms with van der Waals surface area (Å²) < 4.78 is 0. The first-order valence-corrected chi connectivity index (χ1v) is 5.70. The van der Waals surface area contributed by atoms with Crippen molar-refractivity contribution in [2.75, 3.05) is 5.32 Å². The maximum Gasteiger partial charge on any atom is 0.335 e. The largest absolute Gasteiger partial charge is 0.478 e. The third kappa shape index (κ3) is 3.10. The summed E-state index contributed by atoms with van der Waals surface area (Å²) in [6.45, 7) is 0. The molecule has 4 amide bonds. The molecule has 1 atom stereocenters. The van der Waals surface area contributed by atoms with Crippen molar-refractivity contribution in [1.82, 2.24) is 10.6 Å². The third-order valence-electron chi connectivity index (χ3n) is 2.66. The normalized spacial score (nSPS) is 17.3. The molecule has 0 aromatic heterocycles. The second kappa shape index (κ2) is 5.39. The van der Waals surface area contributed by atoms with E-state index < -0.39 is 29.9 Å². The van der Waals surface area contributed by atoms with E-state index in [0.717, 1.165) is 0 Å². The van der Waals surface area contributed by atoms with Crippen LogP contribution in [0.4, 0.5) is 10.5 Å². The molecule has 8 heteroatoms. The molecule has 1 fully saturated rings. The van der Waals surface area contributed by atoms with Crippen molar-refractivity contribution in [3.8, 4) is 0 Å². The van der Waals surface area contributed by atoms with Gasteiger partial charge in [0.25, 0.3) is 5.91 Å². The fraction of sp³-hybridized carbons (Fsp3) is 0.167. The fourth-order valence-corrected chi connectivity index (χ4v) is 1.70. The number of carbonyl (C=O) groups excluding carboxylic acids is 3. The lowest BCUT2D eigenvalue weighted by atomic mass is 10.2. The van der Waals surface area contributed by atoms with Crippen LogP contribution in [-0.2, 0) is 9.59 Å². The Bertz CT molecular complexity index is 581. The van der Waals surface area contributed by atoms with Gasteiger partial charge in [0.2, 0.25) is 5.91 Å². The van der Waals surface area contributed by atoms with Gasteiger partial charge < -0.3 is 15.7 Å². The van der Waals surface area contributed by atoms with E-state index in [-0.39, 0.29) is 12.0 Å². The highest BCUT2D eigenvalue weighted by Crippen LogP contribution is 2.10. The number of carboxylic acid groups (broad SMARTS) is 1. The summed E-state index contributed by atoms with van der Waals surface area (Å²) in [6, 6.07) is 4.06. The smallest absolute Gasteiger partial charge is 0.335 e. The molecule has 1 heterocycles. The van der Waals surface area contributed by atoms with Crippen LogP contribution in [0.15, 0.2) is 24.3 Å². The molecule has 0 saturated carbocycles. The van der Waals surface area contributed by atoms with Gasteiger partial charge in [-0.2, -0.15) is 0 Å². The molecule has 1 aromatic carbocycles. The topological polar surface area (TPSA) is 125 Å². The van der Waals surface area contributed by atoms with E-state index in [2.05, 4.69) is 10.6 Å². The molecular formula is C12H11N3O5. The molecule has 1 saturated heterocycles. The Morgan fingerprint density at radius 2 is 1.85 bits per heavy atom. The highest BCUT2D eigenvalue weighted by molar-refractivity contribution is 6.06. The molecule has 1 aliphatic rings. The number of hydrogen-bond donors (Lipinski definition) is 4. The van der Waals surface area contributed by atoms with Crippen molar-refractivity contribution in [3.63, 3.8) is 0 Å². The lowest BCUT2D eigenvalue weighted by Crippen LogP contribution is -2.33. The predicted octanol–water partition coefficient (Wildman–Crippen LogP) is -0.0786. The molecule has 0 unspecified atom stereocenters. The zero-order valence-electron chi connectivity index (χ0n) is 10.2. The molecule has 1 aliphatic heterocycles. The number of amides is 4. The second-order valence-corrected chi connectivity index (χ2v) is 4.15. The number of nitrogens with one attached hydrogen (secondary N) is 3. The minimum atomic E-state index is -1.06. The Morgan fingerprint density at radius 1 is 1.20 bits per heavy atom. The predicted molar refractivity (Wildman–Crippen MR) is 67.1 cm³/mol. The van der Waals surface area contributed by atoms with Crippen LogP contribution < -0.4 is 16.0 Å². The maximum absolute atomic E-state index is 11.7. The van der Waals surface area contributed by atoms with Gasteiger partial charge in [-0.3, -0.25) is 14.9 Å². The summed E-state index contributed by atoms with van der Waals surface area (Å²) in [5.41, 5.74) is 0.509. The third-order valence-corrected chi connectivity index (χ3v) is 2.66. The average molecular weight is 277 g/mol. The van der Waals surface area contributed by atoms with Crippen LogP contribution in [0.25, 0.3) is 0 Å². The molecule has 0 radical (unpaired) electrons. The Morgan fingerprint density at radius 3 is 2.35 bits per heavy atom. The number of carbonyl (C=O) groups is 4. The van der Waals surface area contributed by atoms with Crippen molar-refractivity contribution >= 4 is 29.5 Å². The Hall–Kier alpha value is -2.90. The lowest BCUT2D eigenvalue weighted by Gasteiger charge is -2.08. The first-order chi connectivity index (χ1) is 9.45. The van der Waals surface area contributed by atoms with E-state index in [1.165, 1.54) is 24.3 Å². The summed E-state index contributed by atoms with van der Waals surface area (Å²) >= 11 is 0. The number of benzene rings is 1. The Labute approximate surface area is 113 Å². The van der Waals surface area contributed by atoms with Gasteiger partial charge >= 0.3 is 12.0 Å². The zero-order chi connectivity index (χ0) is 14.7. The van der Waals surface area contributed by atoms with Crippen LogP contribution in [0.2, 0.25) is 0 Å². The molecule has 0 aliphatic carbocycles. The van der Waals surface area contributed by atoms with Gasteiger partial charge in [0.1, 0.15) is 6.04 Å². The highest BCUT2D eigenvalue weighted by Gasteiger charge is 2.31. The second-order valence-electron chi connectivity index (χ2n) is 4.15. The monoisotopic (exact) mass is 277 g/mol. The van der Waals surface area contributed by atoms with Gasteiger partial charge in [-0.1, -0.05) is 0 Å². The van der Waals surface area contributed by atoms with Gasteiger partial charge in [0, 0.05) is 5.69 Å². The SMILES string of the molecule is O=C(C[C@@H]1NC(=O)NC1=O)Nc1ccc(C(=O)O)cc1. The van der Waals surface area contributed by atoms with E-state index in [1.807, 2.05) is 5.32 Å². The molecular weight excluding hydrogens is 266 g/mol. The number of imide groups is 1. The van der Waals surface area contributed by atoms with Gasteiger partial charge in [-0.25, -0.2) is 9.59 Å². The van der Waals surface area contributed by atoms with Crippen molar-refractivity contribution in [3.05, 3.63) is 29.8 Å². The van der Waals surface area contributed by atoms with Gasteiger partial charge in [-0.15, -0.1) is 0 Å². The first-order valence-electron chi connectivity index (χ1n) is 5.70. The molecule has 0 bridgehead atoms. The minimum absolute atomic E-state index is 0.102. The van der Waals surface area contributed by atoms with Crippen LogP contribution in [0, 0.1) is 0 Å². The van der Waals surface area contributed by atoms with E-state index in [0.29, 0.717) is 5.69 Å². The zero-order valence-corrected chi connectivity index (χ0v) is 10.2. The number of aromatic carboxylic acids is 1. The van der Waals surface area contributed by atoms with Crippen molar-refractivity contribution < 1.29 is 24.3 Å². The van der Waals surface area contributed by atoms with Gasteiger partial charge in [0.05, 0.1) is 12.0 Å². The van der Waals surface area contributed by atoms with E-state index >= 15 is 0 Å². The van der Waals surface area contributed by atoms with Gasteiger partial charge in [-0.05, 0) is 24.3 Å². The Balaban J connectivity index is 1.93. The number of rotatable bonds is 4. The van der Waals surface area contributed by atoms with Crippen LogP contribution in [0.3, 0.4) is 0 Å². The van der Waals surface area contributed by atoms with Crippen LogP contribution >= 0.6 is 0 Å². The molecule has 0 spiro atoms. The first kappa shape index (κ1) is 13.5. The van der Waals surface area contributed by atoms with E-state index in [9.17, 15) is 19.2 Å². The van der Waals surface area contributed by atoms with Crippen LogP contribution in [0.5, 0.6) is 0 Å². The summed E-state index contributed by atoms with van der Waals surface area (Å²) in [5.74, 6) is -2.07. The minimum Gasteiger partial charge on any atom is -0.478 e. The lowest BCUT2D eigenvalue weighted by molar-refractivity contribution is -0.124. The highest BCUT2D eigenvalue weighted by atomic mass is 16.4. The maximum atomic E-state index is 11.7. The average Bonchev–Trinajstić information content (AvgIpc) is 2.68. The molecule has 2 rings (SSSR count). The van der Waals surface area contributed by atoms with Crippen molar-refractivity contribution in [1.29, 1.82) is 0 Å². The van der Waals surface area contributed by atoms with E-state index in [4.69, 9.17) is 5.11 Å². The number of urea groups is 1. The Kier molecular flexibility index (Phi) is 3.65. The standard InChI is InChI=1S/C12H11N3O5/c16-9(5-8-10(17)15-12(20)14-8)13-7-3-1-6(2-4-7)11(18)19/h1-4,8H,5H2,(H,13,16)(H,18,19)(H2,14,15,17,20)/t8-/m0/s1. The number of anilines is 1. The number of hydrogen-bond acceptors (Lipinski definition) is 4. The van der Waals surface area contributed by atoms with Gasteiger partial charge in [0.15, 0.2) is 0 Å². The summed E-state index contributed by atoms with van der Waals surface area (Å²) in [6.07, 6.45) is -0.196. The summed E-state index contributed by atoms with van der Waals surface area (Å²) in [5, 5.41) is 15.6. The van der Waals surface area contributed by atoms with Crippen molar-refractivity contribution in [2.45, 2.75) is 12.5 Å². The van der Waals surface area contributed by atoms with Crippen LogP contribution in [-0.4, -0.2) is 35.0 Å². The fourth-order valence-electron chi connectivity index (χ4n) is 1.70. The van der Waals surface area contributed by atoms with E-state index in [1.54, 1.807) is 0 Å². The quantitative estimate of drug-likeness (QED) is 0.573. The molecule has 4 N–H and O–H groups in total. The molecule has 20 heavy (non-hydrogen) atoms. The van der Waals surface area contributed by atoms with Crippen LogP contribution in [0.1, 0.15) is 16.8 Å². The molecule has 104 valence electrons.